The molecule has 0 amide bonds. The van der Waals surface area contributed by atoms with Crippen LogP contribution in [0.5, 0.6) is 0 Å². The lowest BCUT2D eigenvalue weighted by Crippen LogP contribution is -2.47. The Labute approximate surface area is 127 Å². The van der Waals surface area contributed by atoms with Gasteiger partial charge in [-0.3, -0.25) is 4.98 Å². The van der Waals surface area contributed by atoms with Crippen molar-refractivity contribution in [1.82, 2.24) is 13.6 Å². The molecule has 6 nitrogen and oxygen atoms in total. The molecule has 0 radical (unpaired) electrons. The number of hydrogen-bond acceptors (Lipinski definition) is 4. The summed E-state index contributed by atoms with van der Waals surface area (Å²) in [6.07, 6.45) is 1.88. The van der Waals surface area contributed by atoms with Crippen molar-refractivity contribution in [3.05, 3.63) is 29.6 Å². The minimum absolute atomic E-state index is 0.263. The van der Waals surface area contributed by atoms with Crippen molar-refractivity contribution in [3.8, 4) is 0 Å². The largest absolute Gasteiger partial charge is 0.330 e. The molecule has 0 aliphatic carbocycles. The van der Waals surface area contributed by atoms with Crippen LogP contribution in [0.3, 0.4) is 0 Å². The molecule has 0 aromatic carbocycles. The van der Waals surface area contributed by atoms with Crippen LogP contribution in [0.15, 0.2) is 18.2 Å². The number of rotatable bonds is 5. The third-order valence-corrected chi connectivity index (χ3v) is 5.77. The first-order valence-electron chi connectivity index (χ1n) is 7.27. The summed E-state index contributed by atoms with van der Waals surface area (Å²) in [5.41, 5.74) is 7.33. The first kappa shape index (κ1) is 16.4. The summed E-state index contributed by atoms with van der Waals surface area (Å²) < 4.78 is 28.2. The van der Waals surface area contributed by atoms with E-state index in [1.54, 1.807) is 11.4 Å². The van der Waals surface area contributed by atoms with Gasteiger partial charge in [-0.15, -0.1) is 0 Å². The van der Waals surface area contributed by atoms with E-state index < -0.39 is 10.2 Å². The highest BCUT2D eigenvalue weighted by molar-refractivity contribution is 7.86. The Morgan fingerprint density at radius 3 is 2.90 bits per heavy atom. The van der Waals surface area contributed by atoms with Crippen LogP contribution < -0.4 is 5.73 Å². The standard InChI is InChI=1S/C14H24N4O2S/c1-12-5-3-7-14(16-12)11-17(2)21(19,20)18-8-4-6-13(9-15)10-18/h3,5,7,13H,4,6,8-11,15H2,1-2H3. The molecule has 118 valence electrons. The highest BCUT2D eigenvalue weighted by Crippen LogP contribution is 2.20. The molecule has 0 spiro atoms. The number of nitrogens with zero attached hydrogens (tertiary/aromatic N) is 3. The molecule has 1 aromatic heterocycles. The first-order valence-corrected chi connectivity index (χ1v) is 8.67. The van der Waals surface area contributed by atoms with Crippen LogP contribution in [0.4, 0.5) is 0 Å². The fraction of sp³-hybridized carbons (Fsp3) is 0.643. The zero-order valence-corrected chi connectivity index (χ0v) is 13.5. The summed E-state index contributed by atoms with van der Waals surface area (Å²) in [4.78, 5) is 4.36. The predicted molar refractivity (Wildman–Crippen MR) is 82.7 cm³/mol. The van der Waals surface area contributed by atoms with Gasteiger partial charge in [0.1, 0.15) is 0 Å². The second-order valence-electron chi connectivity index (χ2n) is 5.64. The maximum absolute atomic E-state index is 12.6. The van der Waals surface area contributed by atoms with Crippen LogP contribution in [0, 0.1) is 12.8 Å². The fourth-order valence-corrected chi connectivity index (χ4v) is 4.07. The molecule has 1 aliphatic heterocycles. The van der Waals surface area contributed by atoms with Gasteiger partial charge in [-0.25, -0.2) is 0 Å². The fourth-order valence-electron chi connectivity index (χ4n) is 2.62. The van der Waals surface area contributed by atoms with E-state index in [9.17, 15) is 8.42 Å². The van der Waals surface area contributed by atoms with Crippen molar-refractivity contribution >= 4 is 10.2 Å². The molecule has 0 bridgehead atoms. The molecule has 1 aromatic rings. The van der Waals surface area contributed by atoms with Crippen molar-refractivity contribution < 1.29 is 8.42 Å². The molecule has 1 saturated heterocycles. The summed E-state index contributed by atoms with van der Waals surface area (Å²) in [5, 5.41) is 0. The van der Waals surface area contributed by atoms with Crippen LogP contribution in [-0.4, -0.2) is 48.7 Å². The number of aryl methyl sites for hydroxylation is 1. The SMILES string of the molecule is Cc1cccc(CN(C)S(=O)(=O)N2CCCC(CN)C2)n1. The molecule has 2 rings (SSSR count). The zero-order valence-electron chi connectivity index (χ0n) is 12.7. The van der Waals surface area contributed by atoms with Crippen molar-refractivity contribution in [3.63, 3.8) is 0 Å². The van der Waals surface area contributed by atoms with E-state index in [0.29, 0.717) is 19.6 Å². The second kappa shape index (κ2) is 6.83. The van der Waals surface area contributed by atoms with Crippen LogP contribution in [0.25, 0.3) is 0 Å². The quantitative estimate of drug-likeness (QED) is 0.869. The lowest BCUT2D eigenvalue weighted by atomic mass is 10.0. The Bertz CT molecular complexity index is 576. The number of pyridine rings is 1. The van der Waals surface area contributed by atoms with Crippen molar-refractivity contribution in [2.75, 3.05) is 26.7 Å². The van der Waals surface area contributed by atoms with Gasteiger partial charge in [0, 0.05) is 25.8 Å². The molecule has 1 aliphatic rings. The number of hydrogen-bond donors (Lipinski definition) is 1. The van der Waals surface area contributed by atoms with Crippen molar-refractivity contribution in [1.29, 1.82) is 0 Å². The number of nitrogens with two attached hydrogens (primary N) is 1. The Kier molecular flexibility index (Phi) is 5.32. The van der Waals surface area contributed by atoms with Gasteiger partial charge in [-0.05, 0) is 44.4 Å². The molecule has 1 atom stereocenters. The normalized spacial score (nSPS) is 20.9. The smallest absolute Gasteiger partial charge is 0.282 e. The summed E-state index contributed by atoms with van der Waals surface area (Å²) in [5.74, 6) is 0.263. The third kappa shape index (κ3) is 4.00. The van der Waals surface area contributed by atoms with Crippen LogP contribution in [0.1, 0.15) is 24.2 Å². The summed E-state index contributed by atoms with van der Waals surface area (Å²) in [6.45, 7) is 3.81. The van der Waals surface area contributed by atoms with E-state index in [-0.39, 0.29) is 12.5 Å². The topological polar surface area (TPSA) is 79.5 Å². The Hall–Kier alpha value is -1.02. The number of piperidine rings is 1. The van der Waals surface area contributed by atoms with Gasteiger partial charge in [0.25, 0.3) is 10.2 Å². The first-order chi connectivity index (χ1) is 9.93. The Morgan fingerprint density at radius 2 is 2.24 bits per heavy atom. The molecular weight excluding hydrogens is 288 g/mol. The maximum Gasteiger partial charge on any atom is 0.282 e. The highest BCUT2D eigenvalue weighted by Gasteiger charge is 2.31. The van der Waals surface area contributed by atoms with E-state index in [1.165, 1.54) is 4.31 Å². The van der Waals surface area contributed by atoms with Gasteiger partial charge >= 0.3 is 0 Å². The second-order valence-corrected chi connectivity index (χ2v) is 7.67. The Morgan fingerprint density at radius 1 is 1.48 bits per heavy atom. The molecule has 0 saturated carbocycles. The van der Waals surface area contributed by atoms with Gasteiger partial charge in [0.2, 0.25) is 0 Å². The van der Waals surface area contributed by atoms with E-state index in [2.05, 4.69) is 4.98 Å². The molecule has 1 fully saturated rings. The highest BCUT2D eigenvalue weighted by atomic mass is 32.2. The number of aromatic nitrogens is 1. The van der Waals surface area contributed by atoms with E-state index >= 15 is 0 Å². The van der Waals surface area contributed by atoms with Gasteiger partial charge in [0.05, 0.1) is 12.2 Å². The van der Waals surface area contributed by atoms with Crippen molar-refractivity contribution in [2.45, 2.75) is 26.3 Å². The molecule has 21 heavy (non-hydrogen) atoms. The lowest BCUT2D eigenvalue weighted by molar-refractivity contribution is 0.254. The minimum atomic E-state index is -3.44. The van der Waals surface area contributed by atoms with E-state index in [4.69, 9.17) is 5.73 Å². The van der Waals surface area contributed by atoms with Gasteiger partial charge in [0.15, 0.2) is 0 Å². The summed E-state index contributed by atoms with van der Waals surface area (Å²) in [7, 11) is -1.84. The maximum atomic E-state index is 12.6. The van der Waals surface area contributed by atoms with Crippen LogP contribution in [-0.2, 0) is 16.8 Å². The average molecular weight is 312 g/mol. The van der Waals surface area contributed by atoms with Crippen molar-refractivity contribution in [2.24, 2.45) is 11.7 Å². The molecule has 2 N–H and O–H groups in total. The average Bonchev–Trinajstić information content (AvgIpc) is 2.47. The molecule has 2 heterocycles. The lowest BCUT2D eigenvalue weighted by Gasteiger charge is -2.33. The summed E-state index contributed by atoms with van der Waals surface area (Å²) in [6, 6.07) is 5.63. The van der Waals surface area contributed by atoms with Crippen LogP contribution >= 0.6 is 0 Å². The zero-order chi connectivity index (χ0) is 15.5. The van der Waals surface area contributed by atoms with Crippen LogP contribution in [0.2, 0.25) is 0 Å². The van der Waals surface area contributed by atoms with Gasteiger partial charge < -0.3 is 5.73 Å². The molecule has 7 heteroatoms. The van der Waals surface area contributed by atoms with Gasteiger partial charge in [-0.2, -0.15) is 17.0 Å². The van der Waals surface area contributed by atoms with Gasteiger partial charge in [-0.1, -0.05) is 6.07 Å². The monoisotopic (exact) mass is 312 g/mol. The Balaban J connectivity index is 2.07. The third-order valence-electron chi connectivity index (χ3n) is 3.87. The predicted octanol–water partition coefficient (Wildman–Crippen LogP) is 0.737. The molecule has 1 unspecified atom stereocenters. The minimum Gasteiger partial charge on any atom is -0.330 e. The summed E-state index contributed by atoms with van der Waals surface area (Å²) >= 11 is 0. The molecular formula is C14H24N4O2S. The van der Waals surface area contributed by atoms with E-state index in [1.807, 2.05) is 25.1 Å². The van der Waals surface area contributed by atoms with E-state index in [0.717, 1.165) is 24.2 Å².